The van der Waals surface area contributed by atoms with E-state index in [9.17, 15) is 9.18 Å². The van der Waals surface area contributed by atoms with E-state index in [2.05, 4.69) is 19.2 Å². The number of benzene rings is 1. The zero-order valence-corrected chi connectivity index (χ0v) is 11.7. The van der Waals surface area contributed by atoms with Crippen molar-refractivity contribution in [3.05, 3.63) is 35.6 Å². The van der Waals surface area contributed by atoms with Gasteiger partial charge in [0.1, 0.15) is 5.82 Å². The summed E-state index contributed by atoms with van der Waals surface area (Å²) < 4.78 is 13.0. The third-order valence-electron chi connectivity index (χ3n) is 2.99. The number of rotatable bonds is 7. The molecule has 0 bridgehead atoms. The van der Waals surface area contributed by atoms with Crippen LogP contribution in [-0.4, -0.2) is 12.5 Å². The van der Waals surface area contributed by atoms with Gasteiger partial charge in [-0.2, -0.15) is 0 Å². The number of carbonyl (C=O) groups is 1. The van der Waals surface area contributed by atoms with Gasteiger partial charge >= 0.3 is 0 Å². The standard InChI is InChI=1S/C15H23FN2O/c1-11(2)6-13(9-17)8-15(19)18-10-12-4-3-5-14(16)7-12/h3-5,7,11,13H,6,8-10,17H2,1-2H3,(H,18,19). The van der Waals surface area contributed by atoms with Crippen LogP contribution >= 0.6 is 0 Å². The van der Waals surface area contributed by atoms with Crippen LogP contribution in [0.15, 0.2) is 24.3 Å². The SMILES string of the molecule is CC(C)CC(CN)CC(=O)NCc1cccc(F)c1. The molecule has 0 radical (unpaired) electrons. The third kappa shape index (κ3) is 6.34. The van der Waals surface area contributed by atoms with Crippen molar-refractivity contribution in [2.45, 2.75) is 33.2 Å². The number of halogens is 1. The second kappa shape index (κ2) is 7.89. The van der Waals surface area contributed by atoms with Gasteiger partial charge in [-0.3, -0.25) is 4.79 Å². The van der Waals surface area contributed by atoms with Gasteiger partial charge in [0.15, 0.2) is 0 Å². The third-order valence-corrected chi connectivity index (χ3v) is 2.99. The Hall–Kier alpha value is -1.42. The molecule has 106 valence electrons. The van der Waals surface area contributed by atoms with Crippen LogP contribution in [0.25, 0.3) is 0 Å². The second-order valence-corrected chi connectivity index (χ2v) is 5.34. The maximum Gasteiger partial charge on any atom is 0.220 e. The van der Waals surface area contributed by atoms with Gasteiger partial charge in [-0.25, -0.2) is 4.39 Å². The summed E-state index contributed by atoms with van der Waals surface area (Å²) in [5.74, 6) is 0.434. The molecule has 0 spiro atoms. The minimum atomic E-state index is -0.286. The van der Waals surface area contributed by atoms with Crippen molar-refractivity contribution in [2.24, 2.45) is 17.6 Å². The zero-order chi connectivity index (χ0) is 14.3. The van der Waals surface area contributed by atoms with Gasteiger partial charge in [-0.05, 0) is 42.5 Å². The van der Waals surface area contributed by atoms with Crippen LogP contribution in [0.2, 0.25) is 0 Å². The highest BCUT2D eigenvalue weighted by Gasteiger charge is 2.13. The lowest BCUT2D eigenvalue weighted by molar-refractivity contribution is -0.122. The number of hydrogen-bond acceptors (Lipinski definition) is 2. The fraction of sp³-hybridized carbons (Fsp3) is 0.533. The number of carbonyl (C=O) groups excluding carboxylic acids is 1. The van der Waals surface area contributed by atoms with Crippen molar-refractivity contribution < 1.29 is 9.18 Å². The molecule has 0 aliphatic heterocycles. The summed E-state index contributed by atoms with van der Waals surface area (Å²) in [6, 6.07) is 6.24. The van der Waals surface area contributed by atoms with Crippen LogP contribution in [0.1, 0.15) is 32.3 Å². The van der Waals surface area contributed by atoms with E-state index >= 15 is 0 Å². The summed E-state index contributed by atoms with van der Waals surface area (Å²) in [6.07, 6.45) is 1.38. The molecule has 0 saturated carbocycles. The van der Waals surface area contributed by atoms with E-state index in [0.717, 1.165) is 12.0 Å². The molecule has 0 heterocycles. The molecule has 1 aromatic carbocycles. The summed E-state index contributed by atoms with van der Waals surface area (Å²) in [5.41, 5.74) is 6.43. The molecule has 1 unspecified atom stereocenters. The second-order valence-electron chi connectivity index (χ2n) is 5.34. The van der Waals surface area contributed by atoms with E-state index in [4.69, 9.17) is 5.73 Å². The number of amides is 1. The van der Waals surface area contributed by atoms with E-state index in [1.165, 1.54) is 12.1 Å². The van der Waals surface area contributed by atoms with Crippen molar-refractivity contribution >= 4 is 5.91 Å². The number of hydrogen-bond donors (Lipinski definition) is 2. The van der Waals surface area contributed by atoms with Crippen LogP contribution in [0.3, 0.4) is 0 Å². The predicted octanol–water partition coefficient (Wildman–Crippen LogP) is 2.45. The summed E-state index contributed by atoms with van der Waals surface area (Å²) in [4.78, 5) is 11.8. The normalized spacial score (nSPS) is 12.5. The van der Waals surface area contributed by atoms with Crippen LogP contribution in [0.4, 0.5) is 4.39 Å². The first kappa shape index (κ1) is 15.6. The van der Waals surface area contributed by atoms with E-state index < -0.39 is 0 Å². The fourth-order valence-corrected chi connectivity index (χ4v) is 2.11. The molecule has 1 amide bonds. The van der Waals surface area contributed by atoms with Gasteiger partial charge in [0, 0.05) is 13.0 Å². The average Bonchev–Trinajstić information content (AvgIpc) is 2.35. The molecule has 1 aromatic rings. The minimum Gasteiger partial charge on any atom is -0.352 e. The highest BCUT2D eigenvalue weighted by molar-refractivity contribution is 5.76. The lowest BCUT2D eigenvalue weighted by Gasteiger charge is -2.16. The molecule has 3 N–H and O–H groups in total. The predicted molar refractivity (Wildman–Crippen MR) is 74.9 cm³/mol. The lowest BCUT2D eigenvalue weighted by Crippen LogP contribution is -2.28. The van der Waals surface area contributed by atoms with Gasteiger partial charge in [0.25, 0.3) is 0 Å². The topological polar surface area (TPSA) is 55.1 Å². The van der Waals surface area contributed by atoms with Gasteiger partial charge < -0.3 is 11.1 Å². The Balaban J connectivity index is 2.38. The summed E-state index contributed by atoms with van der Waals surface area (Å²) >= 11 is 0. The van der Waals surface area contributed by atoms with Gasteiger partial charge in [0.05, 0.1) is 0 Å². The van der Waals surface area contributed by atoms with Gasteiger partial charge in [-0.15, -0.1) is 0 Å². The Morgan fingerprint density at radius 3 is 2.74 bits per heavy atom. The smallest absolute Gasteiger partial charge is 0.220 e. The monoisotopic (exact) mass is 266 g/mol. The van der Waals surface area contributed by atoms with Crippen LogP contribution in [0, 0.1) is 17.7 Å². The molecule has 0 aliphatic rings. The van der Waals surface area contributed by atoms with E-state index in [1.807, 2.05) is 0 Å². The lowest BCUT2D eigenvalue weighted by atomic mass is 9.94. The minimum absolute atomic E-state index is 0.0274. The zero-order valence-electron chi connectivity index (χ0n) is 11.7. The molecule has 0 aromatic heterocycles. The molecule has 1 atom stereocenters. The molecule has 0 saturated heterocycles. The van der Waals surface area contributed by atoms with Crippen molar-refractivity contribution in [2.75, 3.05) is 6.54 Å². The van der Waals surface area contributed by atoms with Gasteiger partial charge in [-0.1, -0.05) is 26.0 Å². The number of nitrogens with one attached hydrogen (secondary N) is 1. The first-order chi connectivity index (χ1) is 9.01. The van der Waals surface area contributed by atoms with Crippen molar-refractivity contribution in [1.29, 1.82) is 0 Å². The maximum atomic E-state index is 13.0. The quantitative estimate of drug-likeness (QED) is 0.796. The Labute approximate surface area is 114 Å². The van der Waals surface area contributed by atoms with Gasteiger partial charge in [0.2, 0.25) is 5.91 Å². The highest BCUT2D eigenvalue weighted by atomic mass is 19.1. The summed E-state index contributed by atoms with van der Waals surface area (Å²) in [5, 5.41) is 2.80. The molecule has 0 aliphatic carbocycles. The van der Waals surface area contributed by atoms with Crippen LogP contribution in [0.5, 0.6) is 0 Å². The summed E-state index contributed by atoms with van der Waals surface area (Å²) in [6.45, 7) is 5.11. The largest absolute Gasteiger partial charge is 0.352 e. The molecular formula is C15H23FN2O. The van der Waals surface area contributed by atoms with Crippen LogP contribution in [-0.2, 0) is 11.3 Å². The first-order valence-corrected chi connectivity index (χ1v) is 6.72. The van der Waals surface area contributed by atoms with Crippen molar-refractivity contribution in [3.8, 4) is 0 Å². The molecule has 0 fully saturated rings. The Bertz CT molecular complexity index is 407. The van der Waals surface area contributed by atoms with Crippen LogP contribution < -0.4 is 11.1 Å². The van der Waals surface area contributed by atoms with E-state index in [1.54, 1.807) is 12.1 Å². The van der Waals surface area contributed by atoms with E-state index in [0.29, 0.717) is 25.4 Å². The molecular weight excluding hydrogens is 243 g/mol. The molecule has 4 heteroatoms. The average molecular weight is 266 g/mol. The highest BCUT2D eigenvalue weighted by Crippen LogP contribution is 2.14. The molecule has 19 heavy (non-hydrogen) atoms. The first-order valence-electron chi connectivity index (χ1n) is 6.72. The Morgan fingerprint density at radius 1 is 1.42 bits per heavy atom. The Morgan fingerprint density at radius 2 is 2.16 bits per heavy atom. The molecule has 3 nitrogen and oxygen atoms in total. The maximum absolute atomic E-state index is 13.0. The van der Waals surface area contributed by atoms with E-state index in [-0.39, 0.29) is 17.6 Å². The summed E-state index contributed by atoms with van der Waals surface area (Å²) in [7, 11) is 0. The van der Waals surface area contributed by atoms with Crippen molar-refractivity contribution in [1.82, 2.24) is 5.32 Å². The molecule has 1 rings (SSSR count). The number of nitrogens with two attached hydrogens (primary N) is 1. The Kier molecular flexibility index (Phi) is 6.50. The van der Waals surface area contributed by atoms with Crippen molar-refractivity contribution in [3.63, 3.8) is 0 Å². The fourth-order valence-electron chi connectivity index (χ4n) is 2.11.